The van der Waals surface area contributed by atoms with Crippen LogP contribution in [0.5, 0.6) is 0 Å². The van der Waals surface area contributed by atoms with E-state index in [2.05, 4.69) is 20.4 Å². The minimum absolute atomic E-state index is 0.255. The molecule has 1 aliphatic carbocycles. The second-order valence-corrected chi connectivity index (χ2v) is 9.53. The number of hydrogen-bond donors (Lipinski definition) is 3. The number of nitrogens with one attached hydrogen (secondary N) is 2. The highest BCUT2D eigenvalue weighted by Gasteiger charge is 2.29. The molecule has 0 bridgehead atoms. The quantitative estimate of drug-likeness (QED) is 0.436. The van der Waals surface area contributed by atoms with Crippen LogP contribution in [0.25, 0.3) is 0 Å². The number of rotatable bonds is 7. The highest BCUT2D eigenvalue weighted by atomic mass is 19.1. The summed E-state index contributed by atoms with van der Waals surface area (Å²) in [7, 11) is 0. The molecule has 0 radical (unpaired) electrons. The van der Waals surface area contributed by atoms with E-state index in [1.807, 2.05) is 6.07 Å². The molecule has 8 heteroatoms. The normalized spacial score (nSPS) is 27.4. The Kier molecular flexibility index (Phi) is 7.75. The largest absolute Gasteiger partial charge is 0.367 e. The van der Waals surface area contributed by atoms with E-state index < -0.39 is 5.92 Å². The molecule has 2 aliphatic heterocycles. The van der Waals surface area contributed by atoms with E-state index in [9.17, 15) is 14.0 Å². The van der Waals surface area contributed by atoms with Gasteiger partial charge in [-0.3, -0.25) is 19.8 Å². The molecule has 1 unspecified atom stereocenters. The minimum atomic E-state index is -0.453. The predicted octanol–water partition coefficient (Wildman–Crippen LogP) is 1.58. The van der Waals surface area contributed by atoms with Gasteiger partial charge in [0.25, 0.3) is 0 Å². The van der Waals surface area contributed by atoms with Crippen molar-refractivity contribution in [2.24, 2.45) is 11.7 Å². The first-order chi connectivity index (χ1) is 15.5. The van der Waals surface area contributed by atoms with Crippen molar-refractivity contribution < 1.29 is 14.0 Å². The second-order valence-electron chi connectivity index (χ2n) is 9.53. The van der Waals surface area contributed by atoms with Gasteiger partial charge in [0.1, 0.15) is 5.82 Å². The lowest BCUT2D eigenvalue weighted by Crippen LogP contribution is -2.48. The van der Waals surface area contributed by atoms with Gasteiger partial charge in [0.15, 0.2) is 0 Å². The zero-order chi connectivity index (χ0) is 22.5. The lowest BCUT2D eigenvalue weighted by atomic mass is 9.86. The van der Waals surface area contributed by atoms with E-state index in [0.29, 0.717) is 30.1 Å². The lowest BCUT2D eigenvalue weighted by molar-refractivity contribution is -0.134. The van der Waals surface area contributed by atoms with Crippen LogP contribution >= 0.6 is 0 Å². The van der Waals surface area contributed by atoms with Crippen LogP contribution in [0.2, 0.25) is 0 Å². The van der Waals surface area contributed by atoms with Crippen molar-refractivity contribution in [3.63, 3.8) is 0 Å². The lowest BCUT2D eigenvalue weighted by Gasteiger charge is -2.36. The summed E-state index contributed by atoms with van der Waals surface area (Å²) < 4.78 is 14.9. The molecule has 3 fully saturated rings. The number of imide groups is 1. The van der Waals surface area contributed by atoms with Gasteiger partial charge >= 0.3 is 0 Å². The molecule has 3 aliphatic rings. The van der Waals surface area contributed by atoms with E-state index in [4.69, 9.17) is 5.73 Å². The fourth-order valence-corrected chi connectivity index (χ4v) is 5.16. The number of anilines is 1. The predicted molar refractivity (Wildman–Crippen MR) is 123 cm³/mol. The van der Waals surface area contributed by atoms with Crippen molar-refractivity contribution in [2.45, 2.75) is 50.5 Å². The molecule has 1 aromatic carbocycles. The highest BCUT2D eigenvalue weighted by Crippen LogP contribution is 2.29. The van der Waals surface area contributed by atoms with Gasteiger partial charge in [-0.15, -0.1) is 0 Å². The van der Waals surface area contributed by atoms with Crippen LogP contribution in [-0.4, -0.2) is 68.6 Å². The summed E-state index contributed by atoms with van der Waals surface area (Å²) in [4.78, 5) is 27.9. The Bertz CT molecular complexity index is 804. The van der Waals surface area contributed by atoms with Crippen molar-refractivity contribution >= 4 is 17.5 Å². The minimum Gasteiger partial charge on any atom is -0.367 e. The van der Waals surface area contributed by atoms with E-state index in [1.54, 1.807) is 6.07 Å². The Balaban J connectivity index is 1.20. The number of carbonyl (C=O) groups is 2. The maximum atomic E-state index is 14.9. The first-order valence-corrected chi connectivity index (χ1v) is 12.1. The SMILES string of the molecule is NC1CCC(CNCCN2CCN(c3ccc(C4CCC(=O)NC4=O)cc3F)CC2)CC1. The molecule has 176 valence electrons. The van der Waals surface area contributed by atoms with Crippen LogP contribution in [0.3, 0.4) is 0 Å². The molecule has 2 heterocycles. The van der Waals surface area contributed by atoms with E-state index in [0.717, 1.165) is 64.6 Å². The molecule has 2 amide bonds. The number of piperazine rings is 1. The first-order valence-electron chi connectivity index (χ1n) is 12.1. The van der Waals surface area contributed by atoms with Gasteiger partial charge in [-0.05, 0) is 62.3 Å². The molecule has 1 atom stereocenters. The monoisotopic (exact) mass is 445 g/mol. The number of halogens is 1. The third-order valence-electron chi connectivity index (χ3n) is 7.26. The summed E-state index contributed by atoms with van der Waals surface area (Å²) in [5.74, 6) is -0.573. The molecule has 1 saturated carbocycles. The van der Waals surface area contributed by atoms with Crippen molar-refractivity contribution in [1.29, 1.82) is 0 Å². The van der Waals surface area contributed by atoms with Gasteiger partial charge in [-0.1, -0.05) is 6.07 Å². The summed E-state index contributed by atoms with van der Waals surface area (Å²) in [6.45, 7) is 6.47. The number of carbonyl (C=O) groups excluding carboxylic acids is 2. The number of nitrogens with zero attached hydrogens (tertiary/aromatic N) is 2. The Morgan fingerprint density at radius 2 is 1.81 bits per heavy atom. The van der Waals surface area contributed by atoms with Crippen molar-refractivity contribution in [3.8, 4) is 0 Å². The van der Waals surface area contributed by atoms with Gasteiger partial charge in [-0.2, -0.15) is 0 Å². The Morgan fingerprint density at radius 1 is 1.06 bits per heavy atom. The number of hydrogen-bond acceptors (Lipinski definition) is 6. The maximum absolute atomic E-state index is 14.9. The number of nitrogens with two attached hydrogens (primary N) is 1. The van der Waals surface area contributed by atoms with Gasteiger partial charge in [0, 0.05) is 51.7 Å². The van der Waals surface area contributed by atoms with Gasteiger partial charge in [0.2, 0.25) is 11.8 Å². The molecule has 32 heavy (non-hydrogen) atoms. The molecule has 7 nitrogen and oxygen atoms in total. The van der Waals surface area contributed by atoms with Gasteiger partial charge in [0.05, 0.1) is 11.6 Å². The second kappa shape index (κ2) is 10.7. The van der Waals surface area contributed by atoms with E-state index in [1.165, 1.54) is 18.9 Å². The molecule has 0 spiro atoms. The number of amides is 2. The molecular weight excluding hydrogens is 409 g/mol. The Morgan fingerprint density at radius 3 is 2.50 bits per heavy atom. The average molecular weight is 446 g/mol. The van der Waals surface area contributed by atoms with Crippen LogP contribution in [0.15, 0.2) is 18.2 Å². The fraction of sp³-hybridized carbons (Fsp3) is 0.667. The van der Waals surface area contributed by atoms with Crippen LogP contribution < -0.4 is 21.3 Å². The first kappa shape index (κ1) is 23.1. The Labute approximate surface area is 189 Å². The van der Waals surface area contributed by atoms with Crippen LogP contribution in [0.1, 0.15) is 50.0 Å². The van der Waals surface area contributed by atoms with E-state index >= 15 is 0 Å². The molecular formula is C24H36FN5O2. The van der Waals surface area contributed by atoms with E-state index in [-0.39, 0.29) is 17.6 Å². The Hall–Kier alpha value is -2.03. The molecule has 2 saturated heterocycles. The number of piperidine rings is 1. The standard InChI is InChI=1S/C24H36FN5O2/c25-21-15-18(20-6-8-23(31)28-24(20)32)3-7-22(21)30-13-11-29(12-14-30)10-9-27-16-17-1-4-19(26)5-2-17/h3,7,15,17,19-20,27H,1-2,4-6,8-14,16,26H2,(H,28,31,32). The van der Waals surface area contributed by atoms with Crippen molar-refractivity contribution in [3.05, 3.63) is 29.6 Å². The third-order valence-corrected chi connectivity index (χ3v) is 7.26. The zero-order valence-electron chi connectivity index (χ0n) is 18.8. The van der Waals surface area contributed by atoms with Crippen LogP contribution in [-0.2, 0) is 9.59 Å². The smallest absolute Gasteiger partial charge is 0.234 e. The van der Waals surface area contributed by atoms with Gasteiger partial charge in [-0.25, -0.2) is 4.39 Å². The molecule has 4 rings (SSSR count). The third kappa shape index (κ3) is 5.85. The fourth-order valence-electron chi connectivity index (χ4n) is 5.16. The van der Waals surface area contributed by atoms with Crippen molar-refractivity contribution in [2.75, 3.05) is 50.7 Å². The molecule has 1 aromatic rings. The van der Waals surface area contributed by atoms with Crippen LogP contribution in [0, 0.1) is 11.7 Å². The molecule has 4 N–H and O–H groups in total. The zero-order valence-corrected chi connectivity index (χ0v) is 18.8. The number of benzene rings is 1. The highest BCUT2D eigenvalue weighted by molar-refractivity contribution is 6.00. The summed E-state index contributed by atoms with van der Waals surface area (Å²) in [6.07, 6.45) is 5.51. The summed E-state index contributed by atoms with van der Waals surface area (Å²) in [5, 5.41) is 5.95. The summed E-state index contributed by atoms with van der Waals surface area (Å²) in [6, 6.07) is 5.47. The average Bonchev–Trinajstić information content (AvgIpc) is 2.78. The topological polar surface area (TPSA) is 90.7 Å². The molecule has 0 aromatic heterocycles. The van der Waals surface area contributed by atoms with Crippen LogP contribution in [0.4, 0.5) is 10.1 Å². The van der Waals surface area contributed by atoms with Crippen molar-refractivity contribution in [1.82, 2.24) is 15.5 Å². The maximum Gasteiger partial charge on any atom is 0.234 e. The summed E-state index contributed by atoms with van der Waals surface area (Å²) in [5.41, 5.74) is 7.21. The summed E-state index contributed by atoms with van der Waals surface area (Å²) >= 11 is 0. The van der Waals surface area contributed by atoms with Gasteiger partial charge < -0.3 is 16.0 Å².